The number of ether oxygens (including phenoxy) is 2. The van der Waals surface area contributed by atoms with Gasteiger partial charge in [-0.3, -0.25) is 0 Å². The van der Waals surface area contributed by atoms with Gasteiger partial charge >= 0.3 is 0 Å². The van der Waals surface area contributed by atoms with Crippen LogP contribution in [0.25, 0.3) is 0 Å². The van der Waals surface area contributed by atoms with Crippen molar-refractivity contribution in [3.8, 4) is 5.88 Å². The van der Waals surface area contributed by atoms with Gasteiger partial charge in [0.2, 0.25) is 5.88 Å². The third kappa shape index (κ3) is 4.93. The predicted octanol–water partition coefficient (Wildman–Crippen LogP) is 1.71. The van der Waals surface area contributed by atoms with Gasteiger partial charge in [-0.25, -0.2) is 9.97 Å². The highest BCUT2D eigenvalue weighted by molar-refractivity contribution is 5.36. The van der Waals surface area contributed by atoms with Crippen molar-refractivity contribution in [3.05, 3.63) is 12.4 Å². The molecule has 0 aliphatic carbocycles. The molecule has 1 rings (SSSR count). The Hall–Kier alpha value is -1.36. The monoisotopic (exact) mass is 225 g/mol. The van der Waals surface area contributed by atoms with E-state index >= 15 is 0 Å². The third-order valence-electron chi connectivity index (χ3n) is 1.76. The molecule has 0 aliphatic rings. The van der Waals surface area contributed by atoms with Crippen LogP contribution in [0.3, 0.4) is 0 Å². The van der Waals surface area contributed by atoms with Crippen LogP contribution in [0.2, 0.25) is 0 Å². The zero-order chi connectivity index (χ0) is 11.8. The van der Waals surface area contributed by atoms with E-state index in [-0.39, 0.29) is 6.10 Å². The lowest BCUT2D eigenvalue weighted by molar-refractivity contribution is 0.158. The molecule has 0 radical (unpaired) electrons. The molecule has 1 N–H and O–H groups in total. The van der Waals surface area contributed by atoms with Gasteiger partial charge in [0.1, 0.15) is 12.1 Å². The van der Waals surface area contributed by atoms with Crippen LogP contribution in [-0.4, -0.2) is 35.8 Å². The Balaban J connectivity index is 2.41. The fourth-order valence-corrected chi connectivity index (χ4v) is 1.14. The SMILES string of the molecule is CCOCCNc1cc(OC(C)C)ncn1. The Morgan fingerprint density at radius 1 is 1.38 bits per heavy atom. The molecular weight excluding hydrogens is 206 g/mol. The van der Waals surface area contributed by atoms with E-state index in [4.69, 9.17) is 9.47 Å². The number of aromatic nitrogens is 2. The minimum atomic E-state index is 0.117. The lowest BCUT2D eigenvalue weighted by Crippen LogP contribution is -2.11. The van der Waals surface area contributed by atoms with Gasteiger partial charge in [0.15, 0.2) is 0 Å². The molecule has 16 heavy (non-hydrogen) atoms. The Labute approximate surface area is 96.2 Å². The molecule has 0 amide bonds. The van der Waals surface area contributed by atoms with Crippen molar-refractivity contribution in [2.75, 3.05) is 25.1 Å². The second kappa shape index (κ2) is 7.00. The number of rotatable bonds is 7. The Morgan fingerprint density at radius 3 is 2.88 bits per heavy atom. The normalized spacial score (nSPS) is 10.5. The molecule has 0 saturated heterocycles. The molecule has 1 aromatic heterocycles. The largest absolute Gasteiger partial charge is 0.475 e. The standard InChI is InChI=1S/C11H19N3O2/c1-4-15-6-5-12-10-7-11(14-8-13-10)16-9(2)3/h7-9H,4-6H2,1-3H3,(H,12,13,14). The number of anilines is 1. The van der Waals surface area contributed by atoms with Crippen LogP contribution >= 0.6 is 0 Å². The van der Waals surface area contributed by atoms with Crippen LogP contribution in [0.15, 0.2) is 12.4 Å². The predicted molar refractivity (Wildman–Crippen MR) is 62.8 cm³/mol. The minimum Gasteiger partial charge on any atom is -0.475 e. The van der Waals surface area contributed by atoms with Gasteiger partial charge in [-0.05, 0) is 20.8 Å². The summed E-state index contributed by atoms with van der Waals surface area (Å²) in [6.45, 7) is 8.02. The molecule has 1 aromatic rings. The summed E-state index contributed by atoms with van der Waals surface area (Å²) in [4.78, 5) is 8.11. The van der Waals surface area contributed by atoms with Gasteiger partial charge in [-0.2, -0.15) is 0 Å². The summed E-state index contributed by atoms with van der Waals surface area (Å²) in [7, 11) is 0. The maximum absolute atomic E-state index is 5.46. The van der Waals surface area contributed by atoms with E-state index in [1.54, 1.807) is 6.07 Å². The molecule has 0 bridgehead atoms. The lowest BCUT2D eigenvalue weighted by Gasteiger charge is -2.10. The van der Waals surface area contributed by atoms with Gasteiger partial charge in [0, 0.05) is 19.2 Å². The quantitative estimate of drug-likeness (QED) is 0.716. The topological polar surface area (TPSA) is 56.3 Å². The van der Waals surface area contributed by atoms with Gasteiger partial charge in [0.25, 0.3) is 0 Å². The van der Waals surface area contributed by atoms with E-state index in [0.29, 0.717) is 12.5 Å². The number of hydrogen-bond acceptors (Lipinski definition) is 5. The van der Waals surface area contributed by atoms with Gasteiger partial charge in [-0.1, -0.05) is 0 Å². The molecule has 90 valence electrons. The van der Waals surface area contributed by atoms with E-state index in [1.807, 2.05) is 20.8 Å². The van der Waals surface area contributed by atoms with E-state index in [2.05, 4.69) is 15.3 Å². The van der Waals surface area contributed by atoms with Crippen molar-refractivity contribution in [1.29, 1.82) is 0 Å². The average Bonchev–Trinajstić information content (AvgIpc) is 2.24. The maximum Gasteiger partial charge on any atom is 0.218 e. The fourth-order valence-electron chi connectivity index (χ4n) is 1.14. The summed E-state index contributed by atoms with van der Waals surface area (Å²) < 4.78 is 10.7. The summed E-state index contributed by atoms with van der Waals surface area (Å²) in [5, 5.41) is 3.14. The highest BCUT2D eigenvalue weighted by atomic mass is 16.5. The summed E-state index contributed by atoms with van der Waals surface area (Å²) in [5.41, 5.74) is 0. The molecule has 0 saturated carbocycles. The zero-order valence-corrected chi connectivity index (χ0v) is 10.1. The van der Waals surface area contributed by atoms with Crippen LogP contribution in [0, 0.1) is 0 Å². The highest BCUT2D eigenvalue weighted by Gasteiger charge is 2.01. The average molecular weight is 225 g/mol. The van der Waals surface area contributed by atoms with Gasteiger partial charge in [-0.15, -0.1) is 0 Å². The molecule has 1 heterocycles. The molecule has 5 nitrogen and oxygen atoms in total. The molecule has 0 fully saturated rings. The van der Waals surface area contributed by atoms with Crippen LogP contribution in [-0.2, 0) is 4.74 Å². The van der Waals surface area contributed by atoms with E-state index in [0.717, 1.165) is 19.0 Å². The highest BCUT2D eigenvalue weighted by Crippen LogP contribution is 2.11. The van der Waals surface area contributed by atoms with Crippen molar-refractivity contribution in [3.63, 3.8) is 0 Å². The van der Waals surface area contributed by atoms with Crippen LogP contribution < -0.4 is 10.1 Å². The molecule has 0 aliphatic heterocycles. The fraction of sp³-hybridized carbons (Fsp3) is 0.636. The first-order valence-electron chi connectivity index (χ1n) is 5.52. The molecular formula is C11H19N3O2. The van der Waals surface area contributed by atoms with Crippen molar-refractivity contribution < 1.29 is 9.47 Å². The summed E-state index contributed by atoms with van der Waals surface area (Å²) in [6.07, 6.45) is 1.60. The van der Waals surface area contributed by atoms with Crippen molar-refractivity contribution in [2.45, 2.75) is 26.9 Å². The smallest absolute Gasteiger partial charge is 0.218 e. The summed E-state index contributed by atoms with van der Waals surface area (Å²) >= 11 is 0. The molecule has 0 unspecified atom stereocenters. The molecule has 0 atom stereocenters. The summed E-state index contributed by atoms with van der Waals surface area (Å²) in [6, 6.07) is 1.78. The zero-order valence-electron chi connectivity index (χ0n) is 10.1. The molecule has 5 heteroatoms. The second-order valence-electron chi connectivity index (χ2n) is 3.53. The van der Waals surface area contributed by atoms with Crippen molar-refractivity contribution in [2.24, 2.45) is 0 Å². The Morgan fingerprint density at radius 2 is 2.19 bits per heavy atom. The van der Waals surface area contributed by atoms with Crippen LogP contribution in [0.1, 0.15) is 20.8 Å². The number of hydrogen-bond donors (Lipinski definition) is 1. The lowest BCUT2D eigenvalue weighted by atomic mass is 10.4. The Kier molecular flexibility index (Phi) is 5.56. The van der Waals surface area contributed by atoms with Crippen molar-refractivity contribution >= 4 is 5.82 Å². The van der Waals surface area contributed by atoms with Crippen LogP contribution in [0.4, 0.5) is 5.82 Å². The number of nitrogens with zero attached hydrogens (tertiary/aromatic N) is 2. The first-order chi connectivity index (χ1) is 7.72. The third-order valence-corrected chi connectivity index (χ3v) is 1.76. The maximum atomic E-state index is 5.46. The van der Waals surface area contributed by atoms with E-state index in [9.17, 15) is 0 Å². The van der Waals surface area contributed by atoms with E-state index in [1.165, 1.54) is 6.33 Å². The van der Waals surface area contributed by atoms with Crippen molar-refractivity contribution in [1.82, 2.24) is 9.97 Å². The minimum absolute atomic E-state index is 0.117. The van der Waals surface area contributed by atoms with Gasteiger partial charge in [0.05, 0.1) is 12.7 Å². The first-order valence-corrected chi connectivity index (χ1v) is 5.52. The second-order valence-corrected chi connectivity index (χ2v) is 3.53. The van der Waals surface area contributed by atoms with Crippen LogP contribution in [0.5, 0.6) is 5.88 Å². The summed E-state index contributed by atoms with van der Waals surface area (Å²) in [5.74, 6) is 1.34. The first kappa shape index (κ1) is 12.7. The molecule has 0 aromatic carbocycles. The molecule has 0 spiro atoms. The van der Waals surface area contributed by atoms with Gasteiger partial charge < -0.3 is 14.8 Å². The van der Waals surface area contributed by atoms with E-state index < -0.39 is 0 Å². The number of nitrogens with one attached hydrogen (secondary N) is 1. The Bertz CT molecular complexity index is 305.